The summed E-state index contributed by atoms with van der Waals surface area (Å²) >= 11 is 3.41. The maximum absolute atomic E-state index is 11.9. The van der Waals surface area contributed by atoms with Gasteiger partial charge in [0.15, 0.2) is 5.76 Å². The van der Waals surface area contributed by atoms with Gasteiger partial charge in [0, 0.05) is 15.9 Å². The summed E-state index contributed by atoms with van der Waals surface area (Å²) in [5.74, 6) is -0.0604. The summed E-state index contributed by atoms with van der Waals surface area (Å²) < 4.78 is 6.49. The topological polar surface area (TPSA) is 62.5 Å². The zero-order chi connectivity index (χ0) is 13.3. The van der Waals surface area contributed by atoms with Crippen LogP contribution in [-0.2, 0) is 0 Å². The Morgan fingerprint density at radius 2 is 2.22 bits per heavy atom. The third kappa shape index (κ3) is 2.57. The molecular weight excluding hydrogens is 298 g/mol. The number of benzene rings is 1. The molecule has 0 saturated heterocycles. The number of hydrogen-bond acceptors (Lipinski definition) is 3. The van der Waals surface area contributed by atoms with Crippen molar-refractivity contribution in [2.24, 2.45) is 0 Å². The zero-order valence-corrected chi connectivity index (χ0v) is 11.7. The van der Waals surface area contributed by atoms with Crippen LogP contribution in [0.25, 0.3) is 11.0 Å². The van der Waals surface area contributed by atoms with Crippen LogP contribution in [0.15, 0.2) is 27.1 Å². The molecule has 18 heavy (non-hydrogen) atoms. The van der Waals surface area contributed by atoms with Gasteiger partial charge in [-0.25, -0.2) is 0 Å². The van der Waals surface area contributed by atoms with Crippen molar-refractivity contribution in [3.05, 3.63) is 34.0 Å². The Morgan fingerprint density at radius 1 is 1.50 bits per heavy atom. The van der Waals surface area contributed by atoms with Gasteiger partial charge >= 0.3 is 0 Å². The van der Waals surface area contributed by atoms with Crippen LogP contribution in [0.3, 0.4) is 0 Å². The van der Waals surface area contributed by atoms with Crippen molar-refractivity contribution in [1.82, 2.24) is 5.32 Å². The first kappa shape index (κ1) is 13.1. The number of carbonyl (C=O) groups is 1. The molecular formula is C13H14BrNO3. The van der Waals surface area contributed by atoms with Crippen LogP contribution in [0.2, 0.25) is 0 Å². The van der Waals surface area contributed by atoms with Gasteiger partial charge in [-0.2, -0.15) is 0 Å². The van der Waals surface area contributed by atoms with E-state index in [2.05, 4.69) is 21.2 Å². The van der Waals surface area contributed by atoms with E-state index in [0.29, 0.717) is 5.58 Å². The highest BCUT2D eigenvalue weighted by molar-refractivity contribution is 9.10. The van der Waals surface area contributed by atoms with Crippen LogP contribution >= 0.6 is 15.9 Å². The van der Waals surface area contributed by atoms with E-state index in [1.807, 2.05) is 19.1 Å². The highest BCUT2D eigenvalue weighted by atomic mass is 79.9. The molecule has 5 heteroatoms. The summed E-state index contributed by atoms with van der Waals surface area (Å²) in [5.41, 5.74) is 1.67. The normalized spacial score (nSPS) is 12.7. The second-order valence-electron chi connectivity index (χ2n) is 4.31. The molecule has 0 aliphatic rings. The van der Waals surface area contributed by atoms with Crippen molar-refractivity contribution in [3.63, 3.8) is 0 Å². The van der Waals surface area contributed by atoms with Gasteiger partial charge in [0.1, 0.15) is 5.58 Å². The first-order chi connectivity index (χ1) is 8.51. The van der Waals surface area contributed by atoms with E-state index >= 15 is 0 Å². The number of hydrogen-bond donors (Lipinski definition) is 2. The molecule has 4 nitrogen and oxygen atoms in total. The molecule has 96 valence electrons. The first-order valence-electron chi connectivity index (χ1n) is 5.62. The lowest BCUT2D eigenvalue weighted by molar-refractivity contribution is 0.0896. The van der Waals surface area contributed by atoms with Crippen molar-refractivity contribution in [3.8, 4) is 0 Å². The predicted molar refractivity (Wildman–Crippen MR) is 72.7 cm³/mol. The summed E-state index contributed by atoms with van der Waals surface area (Å²) in [6.07, 6.45) is 0. The van der Waals surface area contributed by atoms with Crippen LogP contribution < -0.4 is 5.32 Å². The monoisotopic (exact) mass is 311 g/mol. The Bertz CT molecular complexity index is 591. The zero-order valence-electron chi connectivity index (χ0n) is 10.2. The number of halogens is 1. The van der Waals surface area contributed by atoms with Gasteiger partial charge in [-0.3, -0.25) is 4.79 Å². The third-order valence-corrected chi connectivity index (χ3v) is 3.10. The molecule has 1 aromatic carbocycles. The molecule has 0 spiro atoms. The molecule has 0 aliphatic heterocycles. The second kappa shape index (κ2) is 5.12. The van der Waals surface area contributed by atoms with E-state index in [9.17, 15) is 4.79 Å². The SMILES string of the molecule is Cc1cc(Br)cc2cc(C(=O)NC(C)CO)oc12. The van der Waals surface area contributed by atoms with E-state index in [1.54, 1.807) is 13.0 Å². The second-order valence-corrected chi connectivity index (χ2v) is 5.22. The molecule has 0 bridgehead atoms. The summed E-state index contributed by atoms with van der Waals surface area (Å²) in [6, 6.07) is 5.24. The van der Waals surface area contributed by atoms with E-state index in [4.69, 9.17) is 9.52 Å². The van der Waals surface area contributed by atoms with E-state index in [-0.39, 0.29) is 24.3 Å². The fraction of sp³-hybridized carbons (Fsp3) is 0.308. The number of nitrogens with one attached hydrogen (secondary N) is 1. The van der Waals surface area contributed by atoms with Gasteiger partial charge in [0.2, 0.25) is 0 Å². The Kier molecular flexibility index (Phi) is 3.73. The Hall–Kier alpha value is -1.33. The van der Waals surface area contributed by atoms with Crippen molar-refractivity contribution >= 4 is 32.8 Å². The molecule has 2 N–H and O–H groups in total. The minimum Gasteiger partial charge on any atom is -0.451 e. The molecule has 0 aliphatic carbocycles. The predicted octanol–water partition coefficient (Wildman–Crippen LogP) is 2.61. The summed E-state index contributed by atoms with van der Waals surface area (Å²) in [6.45, 7) is 3.55. The van der Waals surface area contributed by atoms with Gasteiger partial charge in [0.05, 0.1) is 6.61 Å². The number of furan rings is 1. The van der Waals surface area contributed by atoms with Crippen LogP contribution in [0.1, 0.15) is 23.0 Å². The van der Waals surface area contributed by atoms with Crippen molar-refractivity contribution in [2.75, 3.05) is 6.61 Å². The van der Waals surface area contributed by atoms with Gasteiger partial charge in [-0.05, 0) is 37.6 Å². The molecule has 0 radical (unpaired) electrons. The lowest BCUT2D eigenvalue weighted by atomic mass is 10.2. The molecule has 1 amide bonds. The Balaban J connectivity index is 2.35. The summed E-state index contributed by atoms with van der Waals surface area (Å²) in [7, 11) is 0. The molecule has 1 heterocycles. The van der Waals surface area contributed by atoms with E-state index < -0.39 is 0 Å². The van der Waals surface area contributed by atoms with Crippen LogP contribution in [0, 0.1) is 6.92 Å². The number of aliphatic hydroxyl groups excluding tert-OH is 1. The lowest BCUT2D eigenvalue weighted by Crippen LogP contribution is -2.34. The van der Waals surface area contributed by atoms with E-state index in [0.717, 1.165) is 15.4 Å². The molecule has 0 fully saturated rings. The lowest BCUT2D eigenvalue weighted by Gasteiger charge is -2.08. The summed E-state index contributed by atoms with van der Waals surface area (Å²) in [5, 5.41) is 12.4. The van der Waals surface area contributed by atoms with Crippen LogP contribution in [0.5, 0.6) is 0 Å². The van der Waals surface area contributed by atoms with Crippen molar-refractivity contribution < 1.29 is 14.3 Å². The Morgan fingerprint density at radius 3 is 2.89 bits per heavy atom. The number of amides is 1. The van der Waals surface area contributed by atoms with Gasteiger partial charge in [-0.15, -0.1) is 0 Å². The fourth-order valence-corrected chi connectivity index (χ4v) is 2.33. The average Bonchev–Trinajstić information content (AvgIpc) is 2.72. The molecule has 2 rings (SSSR count). The highest BCUT2D eigenvalue weighted by Crippen LogP contribution is 2.26. The van der Waals surface area contributed by atoms with Gasteiger partial charge in [0.25, 0.3) is 5.91 Å². The molecule has 1 aromatic heterocycles. The van der Waals surface area contributed by atoms with Gasteiger partial charge in [-0.1, -0.05) is 15.9 Å². The van der Waals surface area contributed by atoms with Crippen LogP contribution in [-0.4, -0.2) is 23.7 Å². The standard InChI is InChI=1S/C13H14BrNO3/c1-7-3-10(14)4-9-5-11(18-12(7)9)13(17)15-8(2)6-16/h3-5,8,16H,6H2,1-2H3,(H,15,17). The third-order valence-electron chi connectivity index (χ3n) is 2.64. The smallest absolute Gasteiger partial charge is 0.287 e. The molecule has 2 aromatic rings. The minimum absolute atomic E-state index is 0.101. The maximum atomic E-state index is 11.9. The van der Waals surface area contributed by atoms with Gasteiger partial charge < -0.3 is 14.8 Å². The molecule has 1 unspecified atom stereocenters. The first-order valence-corrected chi connectivity index (χ1v) is 6.42. The summed E-state index contributed by atoms with van der Waals surface area (Å²) in [4.78, 5) is 11.9. The molecule has 0 saturated carbocycles. The Labute approximate surface area is 113 Å². The largest absolute Gasteiger partial charge is 0.451 e. The van der Waals surface area contributed by atoms with E-state index in [1.165, 1.54) is 0 Å². The van der Waals surface area contributed by atoms with Crippen molar-refractivity contribution in [1.29, 1.82) is 0 Å². The maximum Gasteiger partial charge on any atom is 0.287 e. The number of rotatable bonds is 3. The fourth-order valence-electron chi connectivity index (χ4n) is 1.74. The quantitative estimate of drug-likeness (QED) is 0.916. The van der Waals surface area contributed by atoms with Crippen LogP contribution in [0.4, 0.5) is 0 Å². The highest BCUT2D eigenvalue weighted by Gasteiger charge is 2.15. The minimum atomic E-state index is -0.316. The van der Waals surface area contributed by atoms with Crippen molar-refractivity contribution in [2.45, 2.75) is 19.9 Å². The number of carbonyl (C=O) groups excluding carboxylic acids is 1. The number of fused-ring (bicyclic) bond motifs is 1. The number of aryl methyl sites for hydroxylation is 1. The number of aliphatic hydroxyl groups is 1. The molecule has 1 atom stereocenters. The average molecular weight is 312 g/mol.